The molecular formula is C19H28IN5O2. The van der Waals surface area contributed by atoms with Crippen LogP contribution in [0.15, 0.2) is 41.7 Å². The number of halogens is 1. The minimum absolute atomic E-state index is 0. The fourth-order valence-corrected chi connectivity index (χ4v) is 3.07. The largest absolute Gasteiger partial charge is 0.496 e. The number of hydrogen-bond donors (Lipinski definition) is 1. The summed E-state index contributed by atoms with van der Waals surface area (Å²) in [6, 6.07) is 7.99. The molecule has 7 nitrogen and oxygen atoms in total. The molecule has 0 amide bonds. The number of ether oxygens (including phenoxy) is 2. The number of rotatable bonds is 5. The normalized spacial score (nSPS) is 17.4. The summed E-state index contributed by atoms with van der Waals surface area (Å²) in [7, 11) is 3.61. The standard InChI is InChI=1S/C19H27N5O2.HI/c1-4-20-19(21-11-15-7-5-6-8-17(15)25-3)24-9-10-26-18(14-24)16-12-22-23(2)13-16;/h5-8,12-13,18H,4,9-11,14H2,1-3H3,(H,20,21);1H. The van der Waals surface area contributed by atoms with E-state index in [0.717, 1.165) is 42.5 Å². The van der Waals surface area contributed by atoms with Crippen LogP contribution < -0.4 is 10.1 Å². The van der Waals surface area contributed by atoms with E-state index in [1.54, 1.807) is 11.8 Å². The van der Waals surface area contributed by atoms with E-state index in [2.05, 4.69) is 22.2 Å². The van der Waals surface area contributed by atoms with E-state index in [0.29, 0.717) is 13.2 Å². The minimum Gasteiger partial charge on any atom is -0.496 e. The average Bonchev–Trinajstić information content (AvgIpc) is 3.12. The van der Waals surface area contributed by atoms with Crippen LogP contribution in [0, 0.1) is 0 Å². The summed E-state index contributed by atoms with van der Waals surface area (Å²) in [4.78, 5) is 7.07. The molecule has 1 aliphatic heterocycles. The van der Waals surface area contributed by atoms with Crippen LogP contribution in [-0.4, -0.2) is 54.0 Å². The van der Waals surface area contributed by atoms with Gasteiger partial charge in [-0.05, 0) is 13.0 Å². The number of hydrogen-bond acceptors (Lipinski definition) is 4. The van der Waals surface area contributed by atoms with Crippen molar-refractivity contribution >= 4 is 29.9 Å². The molecule has 1 aromatic heterocycles. The molecular weight excluding hydrogens is 457 g/mol. The highest BCUT2D eigenvalue weighted by Gasteiger charge is 2.25. The van der Waals surface area contributed by atoms with Gasteiger partial charge in [0.25, 0.3) is 0 Å². The van der Waals surface area contributed by atoms with Gasteiger partial charge >= 0.3 is 0 Å². The van der Waals surface area contributed by atoms with Crippen LogP contribution in [0.4, 0.5) is 0 Å². The predicted octanol–water partition coefficient (Wildman–Crippen LogP) is 2.59. The van der Waals surface area contributed by atoms with Crippen molar-refractivity contribution in [1.29, 1.82) is 0 Å². The third kappa shape index (κ3) is 5.58. The molecule has 148 valence electrons. The van der Waals surface area contributed by atoms with E-state index in [4.69, 9.17) is 14.5 Å². The number of aromatic nitrogens is 2. The van der Waals surface area contributed by atoms with Gasteiger partial charge in [-0.3, -0.25) is 4.68 Å². The first-order valence-electron chi connectivity index (χ1n) is 8.96. The first kappa shape index (κ1) is 21.5. The maximum atomic E-state index is 5.94. The molecule has 0 bridgehead atoms. The summed E-state index contributed by atoms with van der Waals surface area (Å²) in [5.74, 6) is 1.76. The van der Waals surface area contributed by atoms with Gasteiger partial charge in [-0.15, -0.1) is 24.0 Å². The monoisotopic (exact) mass is 485 g/mol. The SMILES string of the molecule is CCNC(=NCc1ccccc1OC)N1CCOC(c2cnn(C)c2)C1.I. The van der Waals surface area contributed by atoms with Crippen molar-refractivity contribution in [3.63, 3.8) is 0 Å². The quantitative estimate of drug-likeness (QED) is 0.401. The first-order valence-corrected chi connectivity index (χ1v) is 8.96. The lowest BCUT2D eigenvalue weighted by Gasteiger charge is -2.34. The molecule has 0 saturated carbocycles. The van der Waals surface area contributed by atoms with Crippen molar-refractivity contribution in [3.8, 4) is 5.75 Å². The highest BCUT2D eigenvalue weighted by atomic mass is 127. The summed E-state index contributed by atoms with van der Waals surface area (Å²) in [6.07, 6.45) is 3.88. The Hall–Kier alpha value is -1.81. The van der Waals surface area contributed by atoms with E-state index in [1.165, 1.54) is 0 Å². The van der Waals surface area contributed by atoms with Gasteiger partial charge in [-0.25, -0.2) is 4.99 Å². The Morgan fingerprint density at radius 1 is 1.41 bits per heavy atom. The van der Waals surface area contributed by atoms with Gasteiger partial charge in [-0.1, -0.05) is 18.2 Å². The molecule has 1 aliphatic rings. The van der Waals surface area contributed by atoms with E-state index >= 15 is 0 Å². The Morgan fingerprint density at radius 3 is 2.93 bits per heavy atom. The van der Waals surface area contributed by atoms with Gasteiger partial charge in [0.2, 0.25) is 0 Å². The van der Waals surface area contributed by atoms with Gasteiger partial charge in [0.15, 0.2) is 5.96 Å². The zero-order valence-electron chi connectivity index (χ0n) is 16.1. The van der Waals surface area contributed by atoms with Crippen LogP contribution in [-0.2, 0) is 18.3 Å². The first-order chi connectivity index (χ1) is 12.7. The van der Waals surface area contributed by atoms with Crippen LogP contribution in [0.2, 0.25) is 0 Å². The molecule has 1 N–H and O–H groups in total. The fourth-order valence-electron chi connectivity index (χ4n) is 3.07. The van der Waals surface area contributed by atoms with Crippen molar-refractivity contribution in [1.82, 2.24) is 20.0 Å². The van der Waals surface area contributed by atoms with Crippen molar-refractivity contribution < 1.29 is 9.47 Å². The molecule has 3 rings (SSSR count). The van der Waals surface area contributed by atoms with Crippen molar-refractivity contribution in [3.05, 3.63) is 47.8 Å². The lowest BCUT2D eigenvalue weighted by molar-refractivity contribution is -0.00805. The number of nitrogens with zero attached hydrogens (tertiary/aromatic N) is 4. The summed E-state index contributed by atoms with van der Waals surface area (Å²) in [5.41, 5.74) is 2.17. The summed E-state index contributed by atoms with van der Waals surface area (Å²) in [6.45, 7) is 5.70. The number of morpholine rings is 1. The van der Waals surface area contributed by atoms with Crippen LogP contribution in [0.5, 0.6) is 5.75 Å². The lowest BCUT2D eigenvalue weighted by atomic mass is 10.1. The number of nitrogens with one attached hydrogen (secondary N) is 1. The Labute approximate surface area is 177 Å². The molecule has 0 radical (unpaired) electrons. The highest BCUT2D eigenvalue weighted by Crippen LogP contribution is 2.22. The molecule has 1 atom stereocenters. The van der Waals surface area contributed by atoms with Gasteiger partial charge in [0.05, 0.1) is 33.0 Å². The number of guanidine groups is 1. The molecule has 27 heavy (non-hydrogen) atoms. The Bertz CT molecular complexity index is 749. The van der Waals surface area contributed by atoms with Crippen molar-refractivity contribution in [2.45, 2.75) is 19.6 Å². The topological polar surface area (TPSA) is 63.9 Å². The molecule has 8 heteroatoms. The van der Waals surface area contributed by atoms with Crippen molar-refractivity contribution in [2.75, 3.05) is 33.4 Å². The lowest BCUT2D eigenvalue weighted by Crippen LogP contribution is -2.48. The summed E-state index contributed by atoms with van der Waals surface area (Å²) in [5, 5.41) is 7.65. The third-order valence-electron chi connectivity index (χ3n) is 4.39. The smallest absolute Gasteiger partial charge is 0.194 e. The van der Waals surface area contributed by atoms with Gasteiger partial charge < -0.3 is 19.7 Å². The van der Waals surface area contributed by atoms with Crippen LogP contribution in [0.1, 0.15) is 24.2 Å². The average molecular weight is 485 g/mol. The Balaban J connectivity index is 0.00000261. The maximum absolute atomic E-state index is 5.94. The second-order valence-corrected chi connectivity index (χ2v) is 6.23. The maximum Gasteiger partial charge on any atom is 0.194 e. The molecule has 1 fully saturated rings. The molecule has 0 spiro atoms. The number of benzene rings is 1. The molecule has 0 aliphatic carbocycles. The molecule has 1 aromatic carbocycles. The second kappa shape index (κ2) is 10.5. The van der Waals surface area contributed by atoms with E-state index in [-0.39, 0.29) is 30.1 Å². The van der Waals surface area contributed by atoms with E-state index in [9.17, 15) is 0 Å². The number of methoxy groups -OCH3 is 1. The molecule has 2 aromatic rings. The van der Waals surface area contributed by atoms with Gasteiger partial charge in [0, 0.05) is 37.5 Å². The Kier molecular flexibility index (Phi) is 8.36. The van der Waals surface area contributed by atoms with E-state index < -0.39 is 0 Å². The minimum atomic E-state index is 0. The van der Waals surface area contributed by atoms with Gasteiger partial charge in [-0.2, -0.15) is 5.10 Å². The molecule has 2 heterocycles. The zero-order valence-corrected chi connectivity index (χ0v) is 18.4. The van der Waals surface area contributed by atoms with Gasteiger partial charge in [0.1, 0.15) is 11.9 Å². The van der Waals surface area contributed by atoms with Crippen LogP contribution in [0.3, 0.4) is 0 Å². The van der Waals surface area contributed by atoms with E-state index in [1.807, 2.05) is 43.7 Å². The number of aryl methyl sites for hydroxylation is 1. The summed E-state index contributed by atoms with van der Waals surface area (Å²) >= 11 is 0. The number of aliphatic imine (C=N–C) groups is 1. The second-order valence-electron chi connectivity index (χ2n) is 6.23. The Morgan fingerprint density at radius 2 is 2.22 bits per heavy atom. The van der Waals surface area contributed by atoms with Crippen LogP contribution in [0.25, 0.3) is 0 Å². The highest BCUT2D eigenvalue weighted by molar-refractivity contribution is 14.0. The molecule has 1 saturated heterocycles. The fraction of sp³-hybridized carbons (Fsp3) is 0.474. The third-order valence-corrected chi connectivity index (χ3v) is 4.39. The predicted molar refractivity (Wildman–Crippen MR) is 117 cm³/mol. The molecule has 1 unspecified atom stereocenters. The number of para-hydroxylation sites is 1. The summed E-state index contributed by atoms with van der Waals surface area (Å²) < 4.78 is 13.2. The van der Waals surface area contributed by atoms with Crippen LogP contribution >= 0.6 is 24.0 Å². The van der Waals surface area contributed by atoms with Crippen molar-refractivity contribution in [2.24, 2.45) is 12.0 Å². The zero-order chi connectivity index (χ0) is 18.4.